The van der Waals surface area contributed by atoms with Gasteiger partial charge in [-0.25, -0.2) is 4.98 Å². The number of hydrogen-bond donors (Lipinski definition) is 1. The minimum atomic E-state index is -3.58. The minimum absolute atomic E-state index is 0.0295. The van der Waals surface area contributed by atoms with Gasteiger partial charge in [0, 0.05) is 30.7 Å². The van der Waals surface area contributed by atoms with Crippen molar-refractivity contribution in [1.82, 2.24) is 9.55 Å². The quantitative estimate of drug-likeness (QED) is 0.920. The number of aryl methyl sites for hydroxylation is 1. The van der Waals surface area contributed by atoms with E-state index in [2.05, 4.69) is 26.7 Å². The van der Waals surface area contributed by atoms with Gasteiger partial charge in [0.25, 0.3) is 0 Å². The van der Waals surface area contributed by atoms with Crippen molar-refractivity contribution in [1.29, 1.82) is 0 Å². The third kappa shape index (κ3) is 2.91. The summed E-state index contributed by atoms with van der Waals surface area (Å²) in [6, 6.07) is 4.61. The lowest BCUT2D eigenvalue weighted by Crippen LogP contribution is -2.25. The number of nitrogens with one attached hydrogen (secondary N) is 1. The Morgan fingerprint density at radius 2 is 2.10 bits per heavy atom. The summed E-state index contributed by atoms with van der Waals surface area (Å²) in [5.74, 6) is 0.958. The lowest BCUT2D eigenvalue weighted by atomic mass is 10.3. The molecule has 0 unspecified atom stereocenters. The van der Waals surface area contributed by atoms with Crippen LogP contribution in [0, 0.1) is 0 Å². The molecule has 1 aromatic carbocycles. The molecule has 0 fully saturated rings. The van der Waals surface area contributed by atoms with E-state index in [0.717, 1.165) is 18.8 Å². The van der Waals surface area contributed by atoms with Gasteiger partial charge in [-0.15, -0.1) is 8.78 Å². The summed E-state index contributed by atoms with van der Waals surface area (Å²) in [6.45, 7) is 3.49. The van der Waals surface area contributed by atoms with Crippen molar-refractivity contribution in [2.24, 2.45) is 0 Å². The predicted octanol–water partition coefficient (Wildman–Crippen LogP) is 3.23. The molecule has 1 aliphatic rings. The summed E-state index contributed by atoms with van der Waals surface area (Å²) in [4.78, 5) is 4.27. The molecule has 7 heteroatoms. The average molecular weight is 295 g/mol. The largest absolute Gasteiger partial charge is 0.586 e. The van der Waals surface area contributed by atoms with Gasteiger partial charge < -0.3 is 19.4 Å². The van der Waals surface area contributed by atoms with E-state index in [1.165, 1.54) is 12.1 Å². The Morgan fingerprint density at radius 3 is 2.90 bits per heavy atom. The summed E-state index contributed by atoms with van der Waals surface area (Å²) >= 11 is 0. The summed E-state index contributed by atoms with van der Waals surface area (Å²) in [7, 11) is 0. The Morgan fingerprint density at radius 1 is 1.29 bits per heavy atom. The second-order valence-electron chi connectivity index (χ2n) is 4.72. The van der Waals surface area contributed by atoms with Crippen molar-refractivity contribution in [3.63, 3.8) is 0 Å². The molecule has 112 valence electrons. The molecule has 0 amide bonds. The zero-order chi connectivity index (χ0) is 14.9. The van der Waals surface area contributed by atoms with Crippen molar-refractivity contribution >= 4 is 5.69 Å². The molecular weight excluding hydrogens is 280 g/mol. The molecule has 2 aromatic rings. The van der Waals surface area contributed by atoms with Crippen LogP contribution in [-0.4, -0.2) is 15.8 Å². The van der Waals surface area contributed by atoms with Crippen LogP contribution in [0.5, 0.6) is 11.5 Å². The lowest BCUT2D eigenvalue weighted by Gasteiger charge is -2.09. The number of benzene rings is 1. The first kappa shape index (κ1) is 13.7. The zero-order valence-corrected chi connectivity index (χ0v) is 11.5. The molecule has 0 saturated heterocycles. The normalized spacial score (nSPS) is 15.2. The third-order valence-corrected chi connectivity index (χ3v) is 3.12. The van der Waals surface area contributed by atoms with E-state index in [0.29, 0.717) is 12.2 Å². The van der Waals surface area contributed by atoms with E-state index >= 15 is 0 Å². The topological polar surface area (TPSA) is 48.3 Å². The van der Waals surface area contributed by atoms with Gasteiger partial charge in [0.2, 0.25) is 0 Å². The van der Waals surface area contributed by atoms with Crippen LogP contribution in [-0.2, 0) is 13.1 Å². The first-order valence-corrected chi connectivity index (χ1v) is 6.71. The summed E-state index contributed by atoms with van der Waals surface area (Å²) in [5, 5.41) is 3.14. The number of ether oxygens (including phenoxy) is 2. The highest BCUT2D eigenvalue weighted by Gasteiger charge is 2.43. The van der Waals surface area contributed by atoms with Crippen molar-refractivity contribution < 1.29 is 18.3 Å². The zero-order valence-electron chi connectivity index (χ0n) is 11.5. The molecular formula is C14H15F2N3O2. The van der Waals surface area contributed by atoms with Crippen LogP contribution in [0.1, 0.15) is 19.2 Å². The molecule has 0 spiro atoms. The van der Waals surface area contributed by atoms with Crippen LogP contribution in [0.15, 0.2) is 30.6 Å². The minimum Gasteiger partial charge on any atom is -0.395 e. The molecule has 2 heterocycles. The average Bonchev–Trinajstić information content (AvgIpc) is 2.98. The summed E-state index contributed by atoms with van der Waals surface area (Å²) in [5.41, 5.74) is 0.668. The van der Waals surface area contributed by atoms with Crippen molar-refractivity contribution in [3.8, 4) is 11.5 Å². The van der Waals surface area contributed by atoms with Crippen molar-refractivity contribution in [2.45, 2.75) is 32.7 Å². The van der Waals surface area contributed by atoms with E-state index in [1.54, 1.807) is 12.3 Å². The first-order chi connectivity index (χ1) is 10.1. The molecule has 21 heavy (non-hydrogen) atoms. The maximum Gasteiger partial charge on any atom is 0.586 e. The molecule has 0 bridgehead atoms. The number of imidazole rings is 1. The number of anilines is 1. The van der Waals surface area contributed by atoms with Gasteiger partial charge in [-0.1, -0.05) is 6.92 Å². The van der Waals surface area contributed by atoms with Crippen molar-refractivity contribution in [2.75, 3.05) is 5.32 Å². The fourth-order valence-corrected chi connectivity index (χ4v) is 2.19. The number of nitrogens with zero attached hydrogens (tertiary/aromatic N) is 2. The lowest BCUT2D eigenvalue weighted by molar-refractivity contribution is -0.286. The Bertz CT molecular complexity index is 643. The van der Waals surface area contributed by atoms with E-state index in [4.69, 9.17) is 0 Å². The molecule has 0 radical (unpaired) electrons. The fourth-order valence-electron chi connectivity index (χ4n) is 2.19. The number of aromatic nitrogens is 2. The maximum absolute atomic E-state index is 12.9. The third-order valence-electron chi connectivity index (χ3n) is 3.12. The molecule has 0 saturated carbocycles. The number of halogens is 2. The van der Waals surface area contributed by atoms with Gasteiger partial charge in [0.15, 0.2) is 11.5 Å². The van der Waals surface area contributed by atoms with Gasteiger partial charge in [0.05, 0.1) is 6.54 Å². The van der Waals surface area contributed by atoms with Crippen LogP contribution in [0.3, 0.4) is 0 Å². The number of hydrogen-bond acceptors (Lipinski definition) is 4. The second-order valence-corrected chi connectivity index (χ2v) is 4.72. The standard InChI is InChI=1S/C14H15F2N3O2/c1-2-6-19-7-5-17-13(19)9-18-10-3-4-11-12(8-10)21-14(15,16)20-11/h3-5,7-8,18H,2,6,9H2,1H3. The van der Waals surface area contributed by atoms with E-state index in [-0.39, 0.29) is 11.5 Å². The fraction of sp³-hybridized carbons (Fsp3) is 0.357. The summed E-state index contributed by atoms with van der Waals surface area (Å²) < 4.78 is 36.7. The van der Waals surface area contributed by atoms with E-state index in [9.17, 15) is 8.78 Å². The van der Waals surface area contributed by atoms with E-state index < -0.39 is 6.29 Å². The van der Waals surface area contributed by atoms with Gasteiger partial charge in [-0.3, -0.25) is 0 Å². The Balaban J connectivity index is 1.68. The highest BCUT2D eigenvalue weighted by Crippen LogP contribution is 2.42. The van der Waals surface area contributed by atoms with Crippen LogP contribution in [0.2, 0.25) is 0 Å². The van der Waals surface area contributed by atoms with Crippen LogP contribution in [0.4, 0.5) is 14.5 Å². The number of fused-ring (bicyclic) bond motifs is 1. The van der Waals surface area contributed by atoms with E-state index in [1.807, 2.05) is 10.8 Å². The van der Waals surface area contributed by atoms with Crippen LogP contribution < -0.4 is 14.8 Å². The molecule has 0 aliphatic carbocycles. The number of rotatable bonds is 5. The van der Waals surface area contributed by atoms with Crippen LogP contribution >= 0.6 is 0 Å². The molecule has 5 nitrogen and oxygen atoms in total. The highest BCUT2D eigenvalue weighted by molar-refractivity contribution is 5.55. The Kier molecular flexibility index (Phi) is 3.40. The maximum atomic E-state index is 12.9. The van der Waals surface area contributed by atoms with Gasteiger partial charge in [0.1, 0.15) is 5.82 Å². The number of alkyl halides is 2. The smallest absolute Gasteiger partial charge is 0.395 e. The molecule has 1 aromatic heterocycles. The monoisotopic (exact) mass is 295 g/mol. The molecule has 1 N–H and O–H groups in total. The van der Waals surface area contributed by atoms with Gasteiger partial charge in [-0.2, -0.15) is 0 Å². The molecule has 0 atom stereocenters. The van der Waals surface area contributed by atoms with Crippen molar-refractivity contribution in [3.05, 3.63) is 36.4 Å². The SMILES string of the molecule is CCCn1ccnc1CNc1ccc2c(c1)OC(F)(F)O2. The van der Waals surface area contributed by atoms with Gasteiger partial charge in [-0.05, 0) is 18.6 Å². The second kappa shape index (κ2) is 5.23. The predicted molar refractivity (Wildman–Crippen MR) is 72.5 cm³/mol. The van der Waals surface area contributed by atoms with Gasteiger partial charge >= 0.3 is 6.29 Å². The highest BCUT2D eigenvalue weighted by atomic mass is 19.3. The van der Waals surface area contributed by atoms with Crippen LogP contribution in [0.25, 0.3) is 0 Å². The summed E-state index contributed by atoms with van der Waals surface area (Å²) in [6.07, 6.45) is 1.09. The molecule has 3 rings (SSSR count). The Labute approximate surface area is 120 Å². The first-order valence-electron chi connectivity index (χ1n) is 6.71. The Hall–Kier alpha value is -2.31. The molecule has 1 aliphatic heterocycles.